The second kappa shape index (κ2) is 4.25. The molecule has 0 spiro atoms. The van der Waals surface area contributed by atoms with Crippen LogP contribution in [0.5, 0.6) is 0 Å². The van der Waals surface area contributed by atoms with Crippen LogP contribution >= 0.6 is 11.3 Å². The molecule has 1 saturated carbocycles. The van der Waals surface area contributed by atoms with E-state index in [0.29, 0.717) is 5.56 Å². The Balaban J connectivity index is 2.40. The van der Waals surface area contributed by atoms with E-state index in [1.54, 1.807) is 0 Å². The molecule has 0 aromatic carbocycles. The fraction of sp³-hybridized carbons (Fsp3) is 0.455. The van der Waals surface area contributed by atoms with E-state index in [-0.39, 0.29) is 15.7 Å². The third kappa shape index (κ3) is 1.95. The first-order valence-electron chi connectivity index (χ1n) is 5.20. The van der Waals surface area contributed by atoms with E-state index in [0.717, 1.165) is 37.0 Å². The van der Waals surface area contributed by atoms with Crippen LogP contribution in [-0.4, -0.2) is 22.2 Å². The number of carbonyl (C=O) groups is 2. The van der Waals surface area contributed by atoms with Gasteiger partial charge in [0.2, 0.25) is 0 Å². The molecule has 0 unspecified atom stereocenters. The Kier molecular flexibility index (Phi) is 2.96. The molecule has 1 aliphatic carbocycles. The number of hydrogen-bond acceptors (Lipinski definition) is 3. The first kappa shape index (κ1) is 11.1. The van der Waals surface area contributed by atoms with E-state index < -0.39 is 11.9 Å². The lowest BCUT2D eigenvalue weighted by atomic mass is 9.98. The first-order chi connectivity index (χ1) is 7.59. The maximum Gasteiger partial charge on any atom is 0.346 e. The van der Waals surface area contributed by atoms with E-state index in [1.165, 1.54) is 6.07 Å². The Morgan fingerprint density at radius 1 is 1.19 bits per heavy atom. The van der Waals surface area contributed by atoms with Gasteiger partial charge in [0.15, 0.2) is 0 Å². The molecular formula is C11H12O4S. The Hall–Kier alpha value is -1.36. The van der Waals surface area contributed by atoms with Gasteiger partial charge in [-0.15, -0.1) is 11.3 Å². The summed E-state index contributed by atoms with van der Waals surface area (Å²) >= 11 is 0.863. The Bertz CT molecular complexity index is 429. The summed E-state index contributed by atoms with van der Waals surface area (Å²) in [5, 5.41) is 17.9. The number of thiophene rings is 1. The molecule has 5 heteroatoms. The van der Waals surface area contributed by atoms with Gasteiger partial charge in [0.25, 0.3) is 0 Å². The number of carboxylic acid groups (broad SMARTS) is 2. The van der Waals surface area contributed by atoms with Crippen LogP contribution in [0.2, 0.25) is 0 Å². The zero-order chi connectivity index (χ0) is 11.7. The van der Waals surface area contributed by atoms with Gasteiger partial charge < -0.3 is 10.2 Å². The lowest BCUT2D eigenvalue weighted by molar-refractivity contribution is 0.0692. The van der Waals surface area contributed by atoms with Crippen molar-refractivity contribution in [3.05, 3.63) is 21.4 Å². The molecule has 0 bridgehead atoms. The Labute approximate surface area is 96.5 Å². The summed E-state index contributed by atoms with van der Waals surface area (Å²) in [5.41, 5.74) is 0.715. The molecule has 16 heavy (non-hydrogen) atoms. The molecule has 0 saturated heterocycles. The molecule has 0 atom stereocenters. The number of carboxylic acids is 2. The van der Waals surface area contributed by atoms with E-state index in [1.807, 2.05) is 0 Å². The number of aromatic carboxylic acids is 2. The van der Waals surface area contributed by atoms with E-state index in [9.17, 15) is 9.59 Å². The number of hydrogen-bond donors (Lipinski definition) is 2. The van der Waals surface area contributed by atoms with Gasteiger partial charge in [-0.1, -0.05) is 12.8 Å². The van der Waals surface area contributed by atoms with E-state index >= 15 is 0 Å². The summed E-state index contributed by atoms with van der Waals surface area (Å²) in [6.45, 7) is 0. The van der Waals surface area contributed by atoms with Gasteiger partial charge in [-0.2, -0.15) is 0 Å². The van der Waals surface area contributed by atoms with E-state index in [2.05, 4.69) is 0 Å². The Morgan fingerprint density at radius 3 is 2.31 bits per heavy atom. The third-order valence-corrected chi connectivity index (χ3v) is 4.09. The van der Waals surface area contributed by atoms with Gasteiger partial charge in [-0.25, -0.2) is 9.59 Å². The maximum atomic E-state index is 11.0. The standard InChI is InChI=1S/C11H12O4S/c12-10(13)8-5-7(6-3-1-2-4-6)9(16-8)11(14)15/h5-6H,1-4H2,(H,12,13)(H,14,15). The van der Waals surface area contributed by atoms with Crippen molar-refractivity contribution in [3.8, 4) is 0 Å². The first-order valence-corrected chi connectivity index (χ1v) is 6.01. The zero-order valence-electron chi connectivity index (χ0n) is 8.60. The van der Waals surface area contributed by atoms with Gasteiger partial charge >= 0.3 is 11.9 Å². The van der Waals surface area contributed by atoms with Crippen LogP contribution in [0.3, 0.4) is 0 Å². The lowest BCUT2D eigenvalue weighted by Gasteiger charge is -2.07. The second-order valence-corrected chi connectivity index (χ2v) is 5.04. The minimum absolute atomic E-state index is 0.124. The van der Waals surface area contributed by atoms with Crippen molar-refractivity contribution < 1.29 is 19.8 Å². The molecule has 1 fully saturated rings. The average Bonchev–Trinajstić information content (AvgIpc) is 2.86. The lowest BCUT2D eigenvalue weighted by Crippen LogP contribution is -2.00. The smallest absolute Gasteiger partial charge is 0.346 e. The molecule has 86 valence electrons. The van der Waals surface area contributed by atoms with Crippen LogP contribution in [0.25, 0.3) is 0 Å². The summed E-state index contributed by atoms with van der Waals surface area (Å²) in [7, 11) is 0. The molecule has 0 radical (unpaired) electrons. The third-order valence-electron chi connectivity index (χ3n) is 2.96. The predicted molar refractivity (Wildman–Crippen MR) is 59.4 cm³/mol. The van der Waals surface area contributed by atoms with E-state index in [4.69, 9.17) is 10.2 Å². The molecule has 2 N–H and O–H groups in total. The minimum Gasteiger partial charge on any atom is -0.477 e. The van der Waals surface area contributed by atoms with Gasteiger partial charge in [0.1, 0.15) is 9.75 Å². The molecule has 0 aliphatic heterocycles. The van der Waals surface area contributed by atoms with Crippen LogP contribution in [0, 0.1) is 0 Å². The predicted octanol–water partition coefficient (Wildman–Crippen LogP) is 2.80. The maximum absolute atomic E-state index is 11.0. The summed E-state index contributed by atoms with van der Waals surface area (Å²) in [5.74, 6) is -1.83. The van der Waals surface area contributed by atoms with Gasteiger partial charge in [0.05, 0.1) is 0 Å². The fourth-order valence-electron chi connectivity index (χ4n) is 2.22. The fourth-order valence-corrected chi connectivity index (χ4v) is 3.14. The highest BCUT2D eigenvalue weighted by Crippen LogP contribution is 2.39. The van der Waals surface area contributed by atoms with Crippen molar-refractivity contribution >= 4 is 23.3 Å². The van der Waals surface area contributed by atoms with Crippen LogP contribution in [-0.2, 0) is 0 Å². The van der Waals surface area contributed by atoms with Crippen molar-refractivity contribution in [1.29, 1.82) is 0 Å². The summed E-state index contributed by atoms with van der Waals surface area (Å²) < 4.78 is 0. The summed E-state index contributed by atoms with van der Waals surface area (Å²) in [6, 6.07) is 1.53. The largest absolute Gasteiger partial charge is 0.477 e. The van der Waals surface area contributed by atoms with Crippen molar-refractivity contribution in [2.75, 3.05) is 0 Å². The average molecular weight is 240 g/mol. The quantitative estimate of drug-likeness (QED) is 0.851. The molecule has 1 aliphatic rings. The second-order valence-electron chi connectivity index (χ2n) is 3.99. The normalized spacial score (nSPS) is 16.5. The highest BCUT2D eigenvalue weighted by molar-refractivity contribution is 7.16. The van der Waals surface area contributed by atoms with Crippen molar-refractivity contribution in [1.82, 2.24) is 0 Å². The van der Waals surface area contributed by atoms with Crippen LogP contribution in [0.4, 0.5) is 0 Å². The summed E-state index contributed by atoms with van der Waals surface area (Å²) in [6.07, 6.45) is 4.14. The zero-order valence-corrected chi connectivity index (χ0v) is 9.42. The molecule has 4 nitrogen and oxygen atoms in total. The van der Waals surface area contributed by atoms with Gasteiger partial charge in [-0.05, 0) is 30.4 Å². The topological polar surface area (TPSA) is 74.6 Å². The summed E-state index contributed by atoms with van der Waals surface area (Å²) in [4.78, 5) is 22.2. The highest BCUT2D eigenvalue weighted by Gasteiger charge is 2.26. The van der Waals surface area contributed by atoms with Crippen molar-refractivity contribution in [2.45, 2.75) is 31.6 Å². The van der Waals surface area contributed by atoms with Crippen LogP contribution < -0.4 is 0 Å². The molecule has 1 heterocycles. The molecule has 1 aromatic heterocycles. The van der Waals surface area contributed by atoms with Gasteiger partial charge in [-0.3, -0.25) is 0 Å². The molecular weight excluding hydrogens is 228 g/mol. The highest BCUT2D eigenvalue weighted by atomic mass is 32.1. The number of rotatable bonds is 3. The van der Waals surface area contributed by atoms with Crippen molar-refractivity contribution in [2.24, 2.45) is 0 Å². The van der Waals surface area contributed by atoms with Crippen molar-refractivity contribution in [3.63, 3.8) is 0 Å². The minimum atomic E-state index is -1.04. The van der Waals surface area contributed by atoms with Crippen LogP contribution in [0.15, 0.2) is 6.07 Å². The molecule has 2 rings (SSSR count). The molecule has 1 aromatic rings. The van der Waals surface area contributed by atoms with Gasteiger partial charge in [0, 0.05) is 0 Å². The SMILES string of the molecule is O=C(O)c1cc(C2CCCC2)c(C(=O)O)s1. The van der Waals surface area contributed by atoms with Crippen LogP contribution in [0.1, 0.15) is 56.5 Å². The Morgan fingerprint density at radius 2 is 1.81 bits per heavy atom. The monoisotopic (exact) mass is 240 g/mol. The molecule has 0 amide bonds.